The van der Waals surface area contributed by atoms with E-state index in [4.69, 9.17) is 16.1 Å². The van der Waals surface area contributed by atoms with Gasteiger partial charge in [-0.05, 0) is 36.2 Å². The van der Waals surface area contributed by atoms with Gasteiger partial charge in [0.15, 0.2) is 5.69 Å². The Morgan fingerprint density at radius 1 is 1.22 bits per heavy atom. The molecule has 0 aliphatic carbocycles. The lowest BCUT2D eigenvalue weighted by Gasteiger charge is -2.16. The van der Waals surface area contributed by atoms with Crippen LogP contribution >= 0.6 is 11.6 Å². The molecule has 0 radical (unpaired) electrons. The van der Waals surface area contributed by atoms with E-state index in [1.54, 1.807) is 6.92 Å². The molecule has 2 aromatic carbocycles. The van der Waals surface area contributed by atoms with Crippen molar-refractivity contribution in [1.29, 1.82) is 0 Å². The molecular weight excluding hydrogens is 366 g/mol. The number of hydrogen-bond acceptors (Lipinski definition) is 4. The van der Waals surface area contributed by atoms with E-state index in [0.717, 1.165) is 22.0 Å². The first kappa shape index (κ1) is 17.3. The van der Waals surface area contributed by atoms with E-state index in [9.17, 15) is 10.1 Å². The third-order valence-corrected chi connectivity index (χ3v) is 4.99. The van der Waals surface area contributed by atoms with Crippen LogP contribution in [0.1, 0.15) is 28.5 Å². The summed E-state index contributed by atoms with van der Waals surface area (Å²) in [6, 6.07) is 15.5. The monoisotopic (exact) mass is 381 g/mol. The molecule has 1 atom stereocenters. The van der Waals surface area contributed by atoms with E-state index in [-0.39, 0.29) is 23.1 Å². The predicted molar refractivity (Wildman–Crippen MR) is 103 cm³/mol. The first-order valence-electron chi connectivity index (χ1n) is 8.45. The van der Waals surface area contributed by atoms with Crippen molar-refractivity contribution in [2.24, 2.45) is 0 Å². The molecule has 0 aliphatic heterocycles. The third-order valence-electron chi connectivity index (χ3n) is 4.74. The minimum atomic E-state index is -0.435. The standard InChI is InChI=1S/C20H16ClN3O3/c1-12-20(24(25)26)19(27-23-12)10-16(13-6-8-14(21)9-7-13)17-11-22-18-5-3-2-4-15(17)18/h2-9,11,16,22H,10H2,1H3. The number of nitrogens with one attached hydrogen (secondary N) is 1. The van der Waals surface area contributed by atoms with Crippen molar-refractivity contribution in [1.82, 2.24) is 10.1 Å². The number of hydrogen-bond donors (Lipinski definition) is 1. The number of para-hydroxylation sites is 1. The predicted octanol–water partition coefficient (Wildman–Crippen LogP) is 5.40. The maximum Gasteiger partial charge on any atom is 0.334 e. The molecule has 2 heterocycles. The van der Waals surface area contributed by atoms with Gasteiger partial charge in [0.1, 0.15) is 0 Å². The number of fused-ring (bicyclic) bond motifs is 1. The quantitative estimate of drug-likeness (QED) is 0.370. The topological polar surface area (TPSA) is 85.0 Å². The van der Waals surface area contributed by atoms with Crippen LogP contribution in [0.15, 0.2) is 59.3 Å². The Kier molecular flexibility index (Phi) is 4.41. The zero-order valence-corrected chi connectivity index (χ0v) is 15.2. The maximum atomic E-state index is 11.4. The molecule has 0 saturated carbocycles. The highest BCUT2D eigenvalue weighted by molar-refractivity contribution is 6.30. The van der Waals surface area contributed by atoms with Crippen molar-refractivity contribution in [2.75, 3.05) is 0 Å². The summed E-state index contributed by atoms with van der Waals surface area (Å²) in [5.74, 6) is 0.118. The molecule has 1 N–H and O–H groups in total. The molecule has 0 spiro atoms. The first-order chi connectivity index (χ1) is 13.0. The Labute approximate surface area is 159 Å². The van der Waals surface area contributed by atoms with Crippen molar-refractivity contribution < 1.29 is 9.45 Å². The molecule has 136 valence electrons. The van der Waals surface area contributed by atoms with Gasteiger partial charge in [0, 0.05) is 34.5 Å². The summed E-state index contributed by atoms with van der Waals surface area (Å²) in [6.07, 6.45) is 2.26. The van der Waals surface area contributed by atoms with Gasteiger partial charge in [-0.15, -0.1) is 0 Å². The lowest BCUT2D eigenvalue weighted by Crippen LogP contribution is -2.06. The summed E-state index contributed by atoms with van der Waals surface area (Å²) < 4.78 is 5.31. The highest BCUT2D eigenvalue weighted by Crippen LogP contribution is 2.36. The van der Waals surface area contributed by atoms with Gasteiger partial charge in [-0.1, -0.05) is 47.1 Å². The number of nitro groups is 1. The van der Waals surface area contributed by atoms with Crippen LogP contribution in [-0.4, -0.2) is 15.1 Å². The van der Waals surface area contributed by atoms with Crippen LogP contribution in [0.2, 0.25) is 5.02 Å². The number of halogens is 1. The molecule has 7 heteroatoms. The Hall–Kier alpha value is -3.12. The van der Waals surface area contributed by atoms with E-state index < -0.39 is 4.92 Å². The summed E-state index contributed by atoms with van der Waals surface area (Å²) in [4.78, 5) is 14.3. The minimum Gasteiger partial charge on any atom is -0.361 e. The average Bonchev–Trinajstić information content (AvgIpc) is 3.24. The smallest absolute Gasteiger partial charge is 0.334 e. The van der Waals surface area contributed by atoms with Gasteiger partial charge in [0.05, 0.1) is 4.92 Å². The molecule has 4 aromatic rings. The highest BCUT2D eigenvalue weighted by Gasteiger charge is 2.29. The molecule has 1 unspecified atom stereocenters. The summed E-state index contributed by atoms with van der Waals surface area (Å²) in [5.41, 5.74) is 3.26. The van der Waals surface area contributed by atoms with E-state index in [1.165, 1.54) is 0 Å². The fraction of sp³-hybridized carbons (Fsp3) is 0.150. The van der Waals surface area contributed by atoms with Gasteiger partial charge < -0.3 is 9.51 Å². The second-order valence-corrected chi connectivity index (χ2v) is 6.83. The van der Waals surface area contributed by atoms with Crippen molar-refractivity contribution in [2.45, 2.75) is 19.3 Å². The fourth-order valence-electron chi connectivity index (χ4n) is 3.45. The van der Waals surface area contributed by atoms with Crippen LogP contribution in [0.3, 0.4) is 0 Å². The molecule has 0 fully saturated rings. The maximum absolute atomic E-state index is 11.4. The number of nitrogens with zero attached hydrogens (tertiary/aromatic N) is 2. The van der Waals surface area contributed by atoms with Crippen molar-refractivity contribution in [3.63, 3.8) is 0 Å². The molecule has 0 saturated heterocycles. The second-order valence-electron chi connectivity index (χ2n) is 6.39. The SMILES string of the molecule is Cc1noc(CC(c2ccc(Cl)cc2)c2c[nH]c3ccccc23)c1[N+](=O)[O-]. The number of aromatic nitrogens is 2. The number of H-pyrrole nitrogens is 1. The van der Waals surface area contributed by atoms with Crippen LogP contribution in [0.5, 0.6) is 0 Å². The summed E-state index contributed by atoms with van der Waals surface area (Å²) in [5, 5.41) is 16.9. The second kappa shape index (κ2) is 6.89. The third kappa shape index (κ3) is 3.19. The van der Waals surface area contributed by atoms with Crippen molar-refractivity contribution in [3.05, 3.63) is 92.4 Å². The average molecular weight is 382 g/mol. The molecule has 2 aromatic heterocycles. The van der Waals surface area contributed by atoms with E-state index in [1.807, 2.05) is 54.7 Å². The van der Waals surface area contributed by atoms with Gasteiger partial charge in [-0.25, -0.2) is 0 Å². The summed E-state index contributed by atoms with van der Waals surface area (Å²) >= 11 is 6.04. The molecule has 0 amide bonds. The number of rotatable bonds is 5. The lowest BCUT2D eigenvalue weighted by atomic mass is 9.87. The Morgan fingerprint density at radius 3 is 2.70 bits per heavy atom. The van der Waals surface area contributed by atoms with Crippen LogP contribution in [0, 0.1) is 17.0 Å². The van der Waals surface area contributed by atoms with Crippen LogP contribution < -0.4 is 0 Å². The highest BCUT2D eigenvalue weighted by atomic mass is 35.5. The van der Waals surface area contributed by atoms with Crippen molar-refractivity contribution in [3.8, 4) is 0 Å². The molecule has 6 nitrogen and oxygen atoms in total. The lowest BCUT2D eigenvalue weighted by molar-refractivity contribution is -0.386. The number of benzene rings is 2. The molecule has 0 aliphatic rings. The normalized spacial score (nSPS) is 12.4. The van der Waals surface area contributed by atoms with E-state index in [2.05, 4.69) is 10.1 Å². The number of aryl methyl sites for hydroxylation is 1. The van der Waals surface area contributed by atoms with Crippen LogP contribution in [0.25, 0.3) is 10.9 Å². The van der Waals surface area contributed by atoms with E-state index >= 15 is 0 Å². The minimum absolute atomic E-state index is 0.0613. The van der Waals surface area contributed by atoms with Gasteiger partial charge in [0.25, 0.3) is 0 Å². The Bertz CT molecular complexity index is 1120. The van der Waals surface area contributed by atoms with E-state index in [0.29, 0.717) is 11.4 Å². The molecular formula is C20H16ClN3O3. The summed E-state index contributed by atoms with van der Waals surface area (Å²) in [7, 11) is 0. The van der Waals surface area contributed by atoms with Crippen molar-refractivity contribution >= 4 is 28.2 Å². The Balaban J connectivity index is 1.84. The van der Waals surface area contributed by atoms with Gasteiger partial charge in [0.2, 0.25) is 5.76 Å². The van der Waals surface area contributed by atoms with Gasteiger partial charge >= 0.3 is 5.69 Å². The zero-order valence-electron chi connectivity index (χ0n) is 14.5. The summed E-state index contributed by atoms with van der Waals surface area (Å²) in [6.45, 7) is 1.58. The molecule has 27 heavy (non-hydrogen) atoms. The first-order valence-corrected chi connectivity index (χ1v) is 8.83. The molecule has 4 rings (SSSR count). The molecule has 0 bridgehead atoms. The number of aromatic amines is 1. The Morgan fingerprint density at radius 2 is 1.96 bits per heavy atom. The van der Waals surface area contributed by atoms with Crippen LogP contribution in [0.4, 0.5) is 5.69 Å². The van der Waals surface area contributed by atoms with Gasteiger partial charge in [-0.3, -0.25) is 10.1 Å². The fourth-order valence-corrected chi connectivity index (χ4v) is 3.58. The van der Waals surface area contributed by atoms with Crippen LogP contribution in [-0.2, 0) is 6.42 Å². The zero-order chi connectivity index (χ0) is 19.0. The largest absolute Gasteiger partial charge is 0.361 e. The van der Waals surface area contributed by atoms with Gasteiger partial charge in [-0.2, -0.15) is 0 Å².